The molecule has 2 N–H and O–H groups in total. The van der Waals surface area contributed by atoms with Crippen molar-refractivity contribution in [2.24, 2.45) is 0 Å². The van der Waals surface area contributed by atoms with Crippen LogP contribution < -0.4 is 9.44 Å². The van der Waals surface area contributed by atoms with Crippen LogP contribution in [0.3, 0.4) is 0 Å². The van der Waals surface area contributed by atoms with Gasteiger partial charge in [-0.05, 0) is 52.0 Å². The molecule has 0 radical (unpaired) electrons. The first-order valence-corrected chi connectivity index (χ1v) is 13.7. The summed E-state index contributed by atoms with van der Waals surface area (Å²) in [5, 5.41) is 8.21. The van der Waals surface area contributed by atoms with Crippen molar-refractivity contribution in [3.8, 4) is 11.3 Å². The molecule has 184 valence electrons. The zero-order valence-corrected chi connectivity index (χ0v) is 21.2. The molecule has 2 heterocycles. The summed E-state index contributed by atoms with van der Waals surface area (Å²) in [5.74, 6) is 0.0304. The molecule has 35 heavy (non-hydrogen) atoms. The second-order valence-electron chi connectivity index (χ2n) is 8.24. The summed E-state index contributed by atoms with van der Waals surface area (Å²) in [5.41, 5.74) is 2.34. The van der Waals surface area contributed by atoms with Crippen molar-refractivity contribution < 1.29 is 21.4 Å². The summed E-state index contributed by atoms with van der Waals surface area (Å²) < 4.78 is 63.4. The lowest BCUT2D eigenvalue weighted by atomic mass is 10.2. The Kier molecular flexibility index (Phi) is 6.43. The molecular weight excluding hydrogens is 490 g/mol. The lowest BCUT2D eigenvalue weighted by molar-refractivity contribution is 0.430. The molecule has 4 aromatic rings. The Labute approximate surface area is 204 Å². The van der Waals surface area contributed by atoms with Gasteiger partial charge in [-0.3, -0.25) is 9.40 Å². The molecule has 12 heteroatoms. The summed E-state index contributed by atoms with van der Waals surface area (Å²) in [6.45, 7) is 7.19. The van der Waals surface area contributed by atoms with E-state index in [0.29, 0.717) is 22.5 Å². The van der Waals surface area contributed by atoms with Gasteiger partial charge in [0, 0.05) is 29.1 Å². The van der Waals surface area contributed by atoms with Gasteiger partial charge in [0.2, 0.25) is 5.88 Å². The van der Waals surface area contributed by atoms with Gasteiger partial charge in [0.05, 0.1) is 10.6 Å². The van der Waals surface area contributed by atoms with Crippen LogP contribution in [0.1, 0.15) is 31.1 Å². The van der Waals surface area contributed by atoms with Crippen LogP contribution in [0.15, 0.2) is 75.1 Å². The van der Waals surface area contributed by atoms with Crippen LogP contribution in [0.25, 0.3) is 11.3 Å². The zero-order valence-electron chi connectivity index (χ0n) is 19.6. The molecule has 0 aliphatic carbocycles. The fraction of sp³-hybridized carbons (Fsp3) is 0.217. The van der Waals surface area contributed by atoms with Crippen LogP contribution in [-0.2, 0) is 20.0 Å². The third kappa shape index (κ3) is 5.08. The van der Waals surface area contributed by atoms with Gasteiger partial charge in [-0.25, -0.2) is 21.6 Å². The highest BCUT2D eigenvalue weighted by Gasteiger charge is 2.25. The number of rotatable bonds is 8. The number of hydrogen-bond acceptors (Lipinski definition) is 7. The minimum absolute atomic E-state index is 0.0203. The SMILES string of the molecule is Cc1noc(NS(=O)(=O)c2ccc(NS(=O)(=O)c3cn(C(C)C)nc3-c3ccccc3)cc2)c1C. The molecule has 0 amide bonds. The topological polar surface area (TPSA) is 136 Å². The Balaban J connectivity index is 1.61. The van der Waals surface area contributed by atoms with Gasteiger partial charge >= 0.3 is 0 Å². The predicted molar refractivity (Wildman–Crippen MR) is 132 cm³/mol. The first-order chi connectivity index (χ1) is 16.5. The molecular formula is C23H25N5O5S2. The molecule has 0 atom stereocenters. The van der Waals surface area contributed by atoms with E-state index in [0.717, 1.165) is 0 Å². The number of benzene rings is 2. The van der Waals surface area contributed by atoms with Crippen LogP contribution in [0.5, 0.6) is 0 Å². The molecule has 0 saturated carbocycles. The van der Waals surface area contributed by atoms with Crippen LogP contribution in [0, 0.1) is 13.8 Å². The van der Waals surface area contributed by atoms with Crippen molar-refractivity contribution in [2.45, 2.75) is 43.5 Å². The van der Waals surface area contributed by atoms with Crippen LogP contribution in [0.4, 0.5) is 11.6 Å². The Bertz CT molecular complexity index is 1560. The fourth-order valence-corrected chi connectivity index (χ4v) is 5.50. The van der Waals surface area contributed by atoms with Gasteiger partial charge in [0.15, 0.2) is 0 Å². The van der Waals surface area contributed by atoms with E-state index in [1.54, 1.807) is 30.7 Å². The van der Waals surface area contributed by atoms with E-state index in [-0.39, 0.29) is 27.4 Å². The maximum atomic E-state index is 13.3. The molecule has 10 nitrogen and oxygen atoms in total. The summed E-state index contributed by atoms with van der Waals surface area (Å²) in [4.78, 5) is -0.0431. The summed E-state index contributed by atoms with van der Waals surface area (Å²) >= 11 is 0. The number of aryl methyl sites for hydroxylation is 1. The quantitative estimate of drug-likeness (QED) is 0.356. The second kappa shape index (κ2) is 9.19. The minimum atomic E-state index is -4.03. The molecule has 0 saturated heterocycles. The summed E-state index contributed by atoms with van der Waals surface area (Å²) in [6.07, 6.45) is 1.49. The van der Waals surface area contributed by atoms with Crippen molar-refractivity contribution in [2.75, 3.05) is 9.44 Å². The Hall–Kier alpha value is -3.64. The number of anilines is 2. The number of nitrogens with one attached hydrogen (secondary N) is 2. The highest BCUT2D eigenvalue weighted by Crippen LogP contribution is 2.29. The van der Waals surface area contributed by atoms with Crippen LogP contribution >= 0.6 is 0 Å². The van der Waals surface area contributed by atoms with Crippen molar-refractivity contribution in [1.82, 2.24) is 14.9 Å². The summed E-state index contributed by atoms with van der Waals surface area (Å²) in [7, 11) is -7.98. The number of hydrogen-bond donors (Lipinski definition) is 2. The van der Waals surface area contributed by atoms with Gasteiger partial charge in [-0.15, -0.1) is 0 Å². The first-order valence-electron chi connectivity index (χ1n) is 10.7. The van der Waals surface area contributed by atoms with Crippen molar-refractivity contribution in [1.29, 1.82) is 0 Å². The highest BCUT2D eigenvalue weighted by molar-refractivity contribution is 7.93. The fourth-order valence-electron chi connectivity index (χ4n) is 3.24. The molecule has 4 rings (SSSR count). The Morgan fingerprint density at radius 3 is 2.11 bits per heavy atom. The number of sulfonamides is 2. The average molecular weight is 516 g/mol. The predicted octanol–water partition coefficient (Wildman–Crippen LogP) is 4.34. The third-order valence-corrected chi connectivity index (χ3v) is 8.09. The number of aromatic nitrogens is 3. The Morgan fingerprint density at radius 1 is 0.886 bits per heavy atom. The molecule has 0 fully saturated rings. The Morgan fingerprint density at radius 2 is 1.54 bits per heavy atom. The van der Waals surface area contributed by atoms with Gasteiger partial charge in [-0.2, -0.15) is 5.10 Å². The largest absolute Gasteiger partial charge is 0.337 e. The van der Waals surface area contributed by atoms with Crippen LogP contribution in [0.2, 0.25) is 0 Å². The first kappa shape index (κ1) is 24.5. The average Bonchev–Trinajstić information content (AvgIpc) is 3.40. The van der Waals surface area contributed by atoms with Crippen molar-refractivity contribution >= 4 is 31.6 Å². The third-order valence-electron chi connectivity index (χ3n) is 5.37. The molecule has 2 aromatic carbocycles. The van der Waals surface area contributed by atoms with Gasteiger partial charge in [0.25, 0.3) is 20.0 Å². The van der Waals surface area contributed by atoms with E-state index >= 15 is 0 Å². The second-order valence-corrected chi connectivity index (χ2v) is 11.6. The maximum absolute atomic E-state index is 13.3. The van der Waals surface area contributed by atoms with Crippen molar-refractivity contribution in [3.63, 3.8) is 0 Å². The summed E-state index contributed by atoms with van der Waals surface area (Å²) in [6, 6.07) is 14.3. The zero-order chi connectivity index (χ0) is 25.4. The molecule has 0 aliphatic rings. The normalized spacial score (nSPS) is 12.1. The van der Waals surface area contributed by atoms with E-state index in [1.165, 1.54) is 30.5 Å². The minimum Gasteiger partial charge on any atom is -0.337 e. The van der Waals surface area contributed by atoms with E-state index < -0.39 is 20.0 Å². The smallest absolute Gasteiger partial charge is 0.265 e. The van der Waals surface area contributed by atoms with E-state index in [1.807, 2.05) is 32.0 Å². The lowest BCUT2D eigenvalue weighted by Gasteiger charge is -2.10. The standard InChI is InChI=1S/C23H25N5O5S2/c1-15(2)28-14-21(22(24-28)18-8-6-5-7-9-18)35(31,32)26-19-10-12-20(13-11-19)34(29,30)27-23-16(3)17(4)25-33-23/h5-15,26-27H,1-4H3. The highest BCUT2D eigenvalue weighted by atomic mass is 32.2. The monoisotopic (exact) mass is 515 g/mol. The molecule has 0 aliphatic heterocycles. The van der Waals surface area contributed by atoms with Crippen LogP contribution in [-0.4, -0.2) is 31.8 Å². The van der Waals surface area contributed by atoms with Gasteiger partial charge in [-0.1, -0.05) is 35.5 Å². The molecule has 0 bridgehead atoms. The van der Waals surface area contributed by atoms with Crippen molar-refractivity contribution in [3.05, 3.63) is 72.1 Å². The van der Waals surface area contributed by atoms with Gasteiger partial charge in [0.1, 0.15) is 10.6 Å². The lowest BCUT2D eigenvalue weighted by Crippen LogP contribution is -2.15. The number of nitrogens with zero attached hydrogens (tertiary/aromatic N) is 3. The molecule has 0 spiro atoms. The molecule has 0 unspecified atom stereocenters. The van der Waals surface area contributed by atoms with Gasteiger partial charge < -0.3 is 4.52 Å². The maximum Gasteiger partial charge on any atom is 0.265 e. The van der Waals surface area contributed by atoms with E-state index in [2.05, 4.69) is 19.7 Å². The van der Waals surface area contributed by atoms with E-state index in [9.17, 15) is 16.8 Å². The van der Waals surface area contributed by atoms with E-state index in [4.69, 9.17) is 4.52 Å². The molecule has 2 aromatic heterocycles.